The number of aromatic amines is 1. The Morgan fingerprint density at radius 2 is 1.69 bits per heavy atom. The molecule has 0 saturated heterocycles. The maximum Gasteiger partial charge on any atom is 0.355 e. The zero-order chi connectivity index (χ0) is 21.6. The van der Waals surface area contributed by atoms with Crippen LogP contribution in [0.15, 0.2) is 24.3 Å². The molecule has 2 aromatic rings. The second-order valence-corrected chi connectivity index (χ2v) is 6.96. The number of amides is 1. The van der Waals surface area contributed by atoms with Gasteiger partial charge in [-0.25, -0.2) is 4.79 Å². The standard InChI is InChI=1S/C22H26N2O5/c1-13-20(15(3)25)14(2)24-21(13)22(28)29-12-19(27)18-9-7-17(8-10-18)6-5-11-23-16(4)26/h7-10,24H,5-6,11-12H2,1-4H3,(H,23,26). The van der Waals surface area contributed by atoms with Crippen LogP contribution >= 0.6 is 0 Å². The molecule has 0 bridgehead atoms. The van der Waals surface area contributed by atoms with E-state index < -0.39 is 5.97 Å². The minimum atomic E-state index is -0.666. The lowest BCUT2D eigenvalue weighted by molar-refractivity contribution is -0.118. The van der Waals surface area contributed by atoms with Gasteiger partial charge in [0.05, 0.1) is 0 Å². The molecule has 1 aromatic carbocycles. The van der Waals surface area contributed by atoms with Gasteiger partial charge in [0, 0.05) is 30.3 Å². The predicted octanol–water partition coefficient (Wildman–Crippen LogP) is 2.94. The van der Waals surface area contributed by atoms with Gasteiger partial charge < -0.3 is 15.0 Å². The summed E-state index contributed by atoms with van der Waals surface area (Å²) in [5, 5.41) is 2.74. The number of nitrogens with one attached hydrogen (secondary N) is 2. The van der Waals surface area contributed by atoms with Gasteiger partial charge in [-0.1, -0.05) is 24.3 Å². The molecular weight excluding hydrogens is 372 g/mol. The number of hydrogen-bond acceptors (Lipinski definition) is 5. The van der Waals surface area contributed by atoms with Crippen LogP contribution in [0.25, 0.3) is 0 Å². The van der Waals surface area contributed by atoms with Crippen LogP contribution in [0.3, 0.4) is 0 Å². The number of carbonyl (C=O) groups is 4. The monoisotopic (exact) mass is 398 g/mol. The van der Waals surface area contributed by atoms with Crippen molar-refractivity contribution in [3.05, 3.63) is 57.9 Å². The molecule has 0 saturated carbocycles. The van der Waals surface area contributed by atoms with Gasteiger partial charge in [0.25, 0.3) is 0 Å². The van der Waals surface area contributed by atoms with Gasteiger partial charge in [-0.15, -0.1) is 0 Å². The normalized spacial score (nSPS) is 10.5. The first-order chi connectivity index (χ1) is 13.7. The summed E-state index contributed by atoms with van der Waals surface area (Å²) in [4.78, 5) is 50.0. The number of Topliss-reactive ketones (excluding diaryl/α,β-unsaturated/α-hetero) is 2. The Labute approximate surface area is 169 Å². The van der Waals surface area contributed by atoms with Gasteiger partial charge in [0.15, 0.2) is 18.2 Å². The van der Waals surface area contributed by atoms with E-state index in [9.17, 15) is 19.2 Å². The molecule has 29 heavy (non-hydrogen) atoms. The summed E-state index contributed by atoms with van der Waals surface area (Å²) in [6.07, 6.45) is 1.59. The van der Waals surface area contributed by atoms with Crippen molar-refractivity contribution in [2.24, 2.45) is 0 Å². The van der Waals surface area contributed by atoms with E-state index in [0.29, 0.717) is 28.9 Å². The van der Waals surface area contributed by atoms with E-state index in [1.165, 1.54) is 13.8 Å². The van der Waals surface area contributed by atoms with E-state index in [4.69, 9.17) is 4.74 Å². The zero-order valence-electron chi connectivity index (χ0n) is 17.2. The summed E-state index contributed by atoms with van der Waals surface area (Å²) >= 11 is 0. The molecule has 0 spiro atoms. The third kappa shape index (κ3) is 5.88. The van der Waals surface area contributed by atoms with E-state index in [0.717, 1.165) is 18.4 Å². The number of carbonyl (C=O) groups excluding carboxylic acids is 4. The molecule has 0 aliphatic heterocycles. The highest BCUT2D eigenvalue weighted by molar-refractivity contribution is 6.02. The van der Waals surface area contributed by atoms with Gasteiger partial charge >= 0.3 is 5.97 Å². The molecule has 0 aliphatic carbocycles. The molecule has 0 fully saturated rings. The van der Waals surface area contributed by atoms with Crippen LogP contribution < -0.4 is 5.32 Å². The molecule has 0 radical (unpaired) electrons. The van der Waals surface area contributed by atoms with Gasteiger partial charge in [-0.05, 0) is 44.7 Å². The van der Waals surface area contributed by atoms with Crippen LogP contribution in [0.2, 0.25) is 0 Å². The molecule has 1 aromatic heterocycles. The molecule has 2 rings (SSSR count). The number of rotatable bonds is 9. The number of aromatic nitrogens is 1. The molecular formula is C22H26N2O5. The maximum absolute atomic E-state index is 12.3. The van der Waals surface area contributed by atoms with Crippen LogP contribution in [0.4, 0.5) is 0 Å². The Hall–Kier alpha value is -3.22. The number of benzene rings is 1. The summed E-state index contributed by atoms with van der Waals surface area (Å²) < 4.78 is 5.13. The number of hydrogen-bond donors (Lipinski definition) is 2. The number of ketones is 2. The maximum atomic E-state index is 12.3. The number of esters is 1. The number of H-pyrrole nitrogens is 1. The van der Waals surface area contributed by atoms with Gasteiger partial charge in [-0.2, -0.15) is 0 Å². The quantitative estimate of drug-likeness (QED) is 0.384. The zero-order valence-corrected chi connectivity index (χ0v) is 17.2. The van der Waals surface area contributed by atoms with Crippen molar-refractivity contribution >= 4 is 23.4 Å². The highest BCUT2D eigenvalue weighted by Gasteiger charge is 2.21. The second kappa shape index (κ2) is 9.82. The fraction of sp³-hybridized carbons (Fsp3) is 0.364. The van der Waals surface area contributed by atoms with Gasteiger partial charge in [0.1, 0.15) is 5.69 Å². The van der Waals surface area contributed by atoms with E-state index in [2.05, 4.69) is 10.3 Å². The average Bonchev–Trinajstić information content (AvgIpc) is 2.97. The molecule has 2 N–H and O–H groups in total. The van der Waals surface area contributed by atoms with Crippen molar-refractivity contribution in [1.82, 2.24) is 10.3 Å². The Bertz CT molecular complexity index is 925. The van der Waals surface area contributed by atoms with Gasteiger partial charge in [-0.3, -0.25) is 14.4 Å². The molecule has 1 amide bonds. The molecule has 1 heterocycles. The summed E-state index contributed by atoms with van der Waals surface area (Å²) in [6, 6.07) is 7.09. The Morgan fingerprint density at radius 1 is 1.03 bits per heavy atom. The Kier molecular flexibility index (Phi) is 7.47. The lowest BCUT2D eigenvalue weighted by Crippen LogP contribution is -2.21. The number of ether oxygens (including phenoxy) is 1. The summed E-state index contributed by atoms with van der Waals surface area (Å²) in [7, 11) is 0. The van der Waals surface area contributed by atoms with Crippen LogP contribution in [0.5, 0.6) is 0 Å². The smallest absolute Gasteiger partial charge is 0.355 e. The van der Waals surface area contributed by atoms with Crippen molar-refractivity contribution in [1.29, 1.82) is 0 Å². The topological polar surface area (TPSA) is 105 Å². The first kappa shape index (κ1) is 22.1. The van der Waals surface area contributed by atoms with Crippen LogP contribution in [0, 0.1) is 13.8 Å². The lowest BCUT2D eigenvalue weighted by Gasteiger charge is -2.06. The van der Waals surface area contributed by atoms with Crippen molar-refractivity contribution in [3.63, 3.8) is 0 Å². The fourth-order valence-corrected chi connectivity index (χ4v) is 3.18. The minimum Gasteiger partial charge on any atom is -0.453 e. The van der Waals surface area contributed by atoms with Crippen molar-refractivity contribution in [2.75, 3.05) is 13.2 Å². The first-order valence-corrected chi connectivity index (χ1v) is 9.44. The van der Waals surface area contributed by atoms with E-state index in [1.54, 1.807) is 26.0 Å². The lowest BCUT2D eigenvalue weighted by atomic mass is 10.1. The molecule has 0 aliphatic rings. The highest BCUT2D eigenvalue weighted by Crippen LogP contribution is 2.19. The molecule has 7 nitrogen and oxygen atoms in total. The van der Waals surface area contributed by atoms with Crippen molar-refractivity contribution in [2.45, 2.75) is 40.5 Å². The van der Waals surface area contributed by atoms with E-state index in [-0.39, 0.29) is 29.8 Å². The summed E-state index contributed by atoms with van der Waals surface area (Å²) in [5.74, 6) is -1.16. The van der Waals surface area contributed by atoms with Crippen LogP contribution in [0.1, 0.15) is 68.3 Å². The molecule has 0 unspecified atom stereocenters. The Morgan fingerprint density at radius 3 is 2.24 bits per heavy atom. The largest absolute Gasteiger partial charge is 0.453 e. The second-order valence-electron chi connectivity index (χ2n) is 6.96. The Balaban J connectivity index is 1.90. The predicted molar refractivity (Wildman–Crippen MR) is 108 cm³/mol. The molecule has 154 valence electrons. The first-order valence-electron chi connectivity index (χ1n) is 9.44. The van der Waals surface area contributed by atoms with E-state index in [1.807, 2.05) is 12.1 Å². The number of aryl methyl sites for hydroxylation is 2. The third-order valence-electron chi connectivity index (χ3n) is 4.62. The third-order valence-corrected chi connectivity index (χ3v) is 4.62. The van der Waals surface area contributed by atoms with Gasteiger partial charge in [0.2, 0.25) is 5.91 Å². The fourth-order valence-electron chi connectivity index (χ4n) is 3.18. The highest BCUT2D eigenvalue weighted by atomic mass is 16.5. The average molecular weight is 398 g/mol. The summed E-state index contributed by atoms with van der Waals surface area (Å²) in [6.45, 7) is 6.52. The van der Waals surface area contributed by atoms with Crippen LogP contribution in [-0.4, -0.2) is 41.6 Å². The van der Waals surface area contributed by atoms with Crippen molar-refractivity contribution in [3.8, 4) is 0 Å². The van der Waals surface area contributed by atoms with Crippen molar-refractivity contribution < 1.29 is 23.9 Å². The molecule has 0 atom stereocenters. The molecule has 7 heteroatoms. The van der Waals surface area contributed by atoms with Crippen LogP contribution in [-0.2, 0) is 16.0 Å². The SMILES string of the molecule is CC(=O)NCCCc1ccc(C(=O)COC(=O)c2[nH]c(C)c(C(C)=O)c2C)cc1. The van der Waals surface area contributed by atoms with E-state index >= 15 is 0 Å². The summed E-state index contributed by atoms with van der Waals surface area (Å²) in [5.41, 5.74) is 3.29. The minimum absolute atomic E-state index is 0.0530.